The zero-order chi connectivity index (χ0) is 49.6. The van der Waals surface area contributed by atoms with Crippen LogP contribution in [0.15, 0.2) is 223 Å². The van der Waals surface area contributed by atoms with Crippen LogP contribution in [0, 0.1) is 6.92 Å². The Hall–Kier alpha value is -8.93. The van der Waals surface area contributed by atoms with Gasteiger partial charge in [-0.15, -0.1) is 0 Å². The van der Waals surface area contributed by atoms with Crippen molar-refractivity contribution in [2.24, 2.45) is 4.99 Å². The SMILES string of the molecule is C=N/C(=C(/C)C(C)c1ccc2c(c1)c1ccccc1n2-c1ccccc1)c1c(C)ccc2ccccc12.CC.Nc1ccccc1-c1ccc(-c2cc3c4ccccc4n4c5ccccc5c(c2)c34)cc1N. The number of rotatable bonds is 7. The molecule has 5 heteroatoms. The van der Waals surface area contributed by atoms with Crippen molar-refractivity contribution in [3.8, 4) is 27.9 Å². The van der Waals surface area contributed by atoms with E-state index in [1.54, 1.807) is 0 Å². The lowest BCUT2D eigenvalue weighted by Crippen LogP contribution is -2.01. The van der Waals surface area contributed by atoms with Crippen molar-refractivity contribution >= 4 is 94.5 Å². The van der Waals surface area contributed by atoms with E-state index in [1.165, 1.54) is 98.6 Å². The number of nitrogen functional groups attached to an aromatic ring is 2. The lowest BCUT2D eigenvalue weighted by molar-refractivity contribution is 0.896. The molecule has 0 radical (unpaired) electrons. The molecule has 13 aromatic rings. The molecule has 0 amide bonds. The van der Waals surface area contributed by atoms with Crippen LogP contribution in [0.4, 0.5) is 11.4 Å². The molecule has 0 saturated carbocycles. The van der Waals surface area contributed by atoms with E-state index in [1.807, 2.05) is 38.1 Å². The minimum absolute atomic E-state index is 0.183. The number of nitrogens with two attached hydrogens (primary N) is 2. The van der Waals surface area contributed by atoms with E-state index < -0.39 is 0 Å². The molecule has 0 spiro atoms. The minimum Gasteiger partial charge on any atom is -0.398 e. The normalized spacial score (nSPS) is 12.3. The van der Waals surface area contributed by atoms with E-state index in [-0.39, 0.29) is 5.92 Å². The topological polar surface area (TPSA) is 73.7 Å². The molecule has 3 heterocycles. The second-order valence-electron chi connectivity index (χ2n) is 18.5. The van der Waals surface area contributed by atoms with Crippen LogP contribution in [-0.4, -0.2) is 15.7 Å². The van der Waals surface area contributed by atoms with Gasteiger partial charge in [0, 0.05) is 72.0 Å². The molecule has 13 rings (SSSR count). The molecule has 1 atom stereocenters. The summed E-state index contributed by atoms with van der Waals surface area (Å²) in [5.41, 5.74) is 31.7. The Morgan fingerprint density at radius 2 is 1.04 bits per heavy atom. The summed E-state index contributed by atoms with van der Waals surface area (Å²) in [5.74, 6) is 0.183. The lowest BCUT2D eigenvalue weighted by Gasteiger charge is -2.19. The number of nitrogens with zero attached hydrogens (tertiary/aromatic N) is 3. The minimum atomic E-state index is 0.183. The van der Waals surface area contributed by atoms with Crippen LogP contribution in [0.3, 0.4) is 0 Å². The van der Waals surface area contributed by atoms with Gasteiger partial charge in [0.2, 0.25) is 0 Å². The quantitative estimate of drug-likeness (QED) is 0.123. The van der Waals surface area contributed by atoms with Crippen molar-refractivity contribution in [1.82, 2.24) is 8.97 Å². The summed E-state index contributed by atoms with van der Waals surface area (Å²) in [6, 6.07) is 75.1. The lowest BCUT2D eigenvalue weighted by atomic mass is 9.87. The van der Waals surface area contributed by atoms with Gasteiger partial charge in [-0.25, -0.2) is 0 Å². The molecule has 5 nitrogen and oxygen atoms in total. The van der Waals surface area contributed by atoms with Gasteiger partial charge in [0.1, 0.15) is 0 Å². The zero-order valence-electron chi connectivity index (χ0n) is 41.5. The van der Waals surface area contributed by atoms with Gasteiger partial charge in [-0.05, 0) is 126 Å². The van der Waals surface area contributed by atoms with Gasteiger partial charge in [-0.3, -0.25) is 4.99 Å². The molecular weight excluding hydrogens is 875 g/mol. The summed E-state index contributed by atoms with van der Waals surface area (Å²) >= 11 is 0. The number of hydrogen-bond donors (Lipinski definition) is 2. The molecule has 0 aliphatic rings. The molecule has 350 valence electrons. The summed E-state index contributed by atoms with van der Waals surface area (Å²) in [7, 11) is 0. The second-order valence-corrected chi connectivity index (χ2v) is 18.5. The molecule has 0 aliphatic carbocycles. The maximum absolute atomic E-state index is 6.54. The predicted molar refractivity (Wildman–Crippen MR) is 312 cm³/mol. The molecule has 10 aromatic carbocycles. The van der Waals surface area contributed by atoms with Crippen LogP contribution in [0.5, 0.6) is 0 Å². The van der Waals surface area contributed by atoms with E-state index in [9.17, 15) is 0 Å². The van der Waals surface area contributed by atoms with E-state index in [0.717, 1.165) is 39.3 Å². The highest BCUT2D eigenvalue weighted by Gasteiger charge is 2.21. The van der Waals surface area contributed by atoms with Crippen LogP contribution in [0.1, 0.15) is 50.3 Å². The Kier molecular flexibility index (Phi) is 11.9. The molecule has 4 N–H and O–H groups in total. The van der Waals surface area contributed by atoms with Crippen LogP contribution < -0.4 is 11.5 Å². The Balaban J connectivity index is 0.000000151. The van der Waals surface area contributed by atoms with E-state index in [2.05, 4.69) is 230 Å². The Morgan fingerprint density at radius 1 is 0.486 bits per heavy atom. The van der Waals surface area contributed by atoms with Crippen LogP contribution in [-0.2, 0) is 0 Å². The Labute approximate surface area is 421 Å². The third-order valence-electron chi connectivity index (χ3n) is 14.6. The first-order chi connectivity index (χ1) is 35.3. The van der Waals surface area contributed by atoms with Crippen molar-refractivity contribution in [2.45, 2.75) is 40.5 Å². The molecule has 0 aliphatic heterocycles. The number of aromatic nitrogens is 2. The zero-order valence-corrected chi connectivity index (χ0v) is 41.5. The van der Waals surface area contributed by atoms with Crippen LogP contribution in [0.2, 0.25) is 0 Å². The number of aryl methyl sites for hydroxylation is 1. The first kappa shape index (κ1) is 45.5. The standard InChI is InChI=1S/C35H30N2.C30H21N3.C2H6/c1-23-18-19-26-12-8-9-15-29(26)34(23)35(36-4)25(3)24(2)27-20-21-33-31(22-27)30-16-10-11-17-32(30)37(33)28-13-6-5-7-14-28;31-26-10-4-1-7-20(26)21-14-13-18(17-27(21)32)19-15-24-22-8-2-5-11-28(22)33-29-12-6-3-9-23(29)25(16-19)30(24)33;1-2/h5-22,24H,4H2,1-3H3;1-17H,31-32H2;1-2H3/b35-25-;;. The van der Waals surface area contributed by atoms with Crippen molar-refractivity contribution in [2.75, 3.05) is 11.5 Å². The van der Waals surface area contributed by atoms with Gasteiger partial charge in [0.15, 0.2) is 0 Å². The van der Waals surface area contributed by atoms with Crippen LogP contribution in [0.25, 0.3) is 104 Å². The average Bonchev–Trinajstić information content (AvgIpc) is 4.07. The number of para-hydroxylation sites is 5. The third-order valence-corrected chi connectivity index (χ3v) is 14.6. The van der Waals surface area contributed by atoms with Gasteiger partial charge >= 0.3 is 0 Å². The number of fused-ring (bicyclic) bond motifs is 10. The van der Waals surface area contributed by atoms with Gasteiger partial charge in [-0.2, -0.15) is 0 Å². The highest BCUT2D eigenvalue weighted by molar-refractivity contribution is 6.24. The van der Waals surface area contributed by atoms with Gasteiger partial charge in [0.25, 0.3) is 0 Å². The number of benzene rings is 10. The molecular formula is C67H57N5. The third kappa shape index (κ3) is 7.53. The number of hydrogen-bond acceptors (Lipinski definition) is 3. The number of anilines is 2. The van der Waals surface area contributed by atoms with E-state index in [4.69, 9.17) is 11.5 Å². The maximum atomic E-state index is 6.54. The molecule has 3 aromatic heterocycles. The van der Waals surface area contributed by atoms with Gasteiger partial charge < -0.3 is 20.4 Å². The Morgan fingerprint density at radius 3 is 1.69 bits per heavy atom. The molecule has 0 saturated heterocycles. The fourth-order valence-corrected chi connectivity index (χ4v) is 11.0. The highest BCUT2D eigenvalue weighted by Crippen LogP contribution is 2.43. The Bertz CT molecular complexity index is 4120. The summed E-state index contributed by atoms with van der Waals surface area (Å²) in [6.45, 7) is 14.6. The summed E-state index contributed by atoms with van der Waals surface area (Å²) < 4.78 is 4.76. The summed E-state index contributed by atoms with van der Waals surface area (Å²) in [6.07, 6.45) is 0. The number of aliphatic imine (C=N–C) groups is 1. The molecule has 1 unspecified atom stereocenters. The molecule has 72 heavy (non-hydrogen) atoms. The number of allylic oxidation sites excluding steroid dienone is 1. The smallest absolute Gasteiger partial charge is 0.0698 e. The average molecular weight is 932 g/mol. The van der Waals surface area contributed by atoms with E-state index >= 15 is 0 Å². The second kappa shape index (κ2) is 18.8. The van der Waals surface area contributed by atoms with Gasteiger partial charge in [0.05, 0.1) is 33.3 Å². The summed E-state index contributed by atoms with van der Waals surface area (Å²) in [4.78, 5) is 4.60. The maximum Gasteiger partial charge on any atom is 0.0698 e. The first-order valence-corrected chi connectivity index (χ1v) is 25.0. The highest BCUT2D eigenvalue weighted by atomic mass is 15.0. The monoisotopic (exact) mass is 931 g/mol. The van der Waals surface area contributed by atoms with E-state index in [0.29, 0.717) is 0 Å². The first-order valence-electron chi connectivity index (χ1n) is 25.0. The molecule has 0 fully saturated rings. The fraction of sp³-hybridized carbons (Fsp3) is 0.0896. The van der Waals surface area contributed by atoms with Crippen molar-refractivity contribution in [3.05, 3.63) is 235 Å². The predicted octanol–water partition coefficient (Wildman–Crippen LogP) is 17.8. The van der Waals surface area contributed by atoms with Crippen molar-refractivity contribution in [1.29, 1.82) is 0 Å². The van der Waals surface area contributed by atoms with Crippen molar-refractivity contribution < 1.29 is 0 Å². The fourth-order valence-electron chi connectivity index (χ4n) is 11.0. The van der Waals surface area contributed by atoms with Crippen LogP contribution >= 0.6 is 0 Å². The largest absolute Gasteiger partial charge is 0.398 e. The van der Waals surface area contributed by atoms with Gasteiger partial charge in [-0.1, -0.05) is 166 Å². The molecule has 0 bridgehead atoms. The van der Waals surface area contributed by atoms with Crippen molar-refractivity contribution in [3.63, 3.8) is 0 Å². The summed E-state index contributed by atoms with van der Waals surface area (Å²) in [5, 5.41) is 10.1.